The Morgan fingerprint density at radius 1 is 0.423 bits per heavy atom. The lowest BCUT2D eigenvalue weighted by atomic mass is 10.1. The molecule has 0 rings (SSSR count). The molecule has 3 heteroatoms. The van der Waals surface area contributed by atoms with Gasteiger partial charge < -0.3 is 8.85 Å². The van der Waals surface area contributed by atoms with Gasteiger partial charge in [-0.05, 0) is 25.9 Å². The lowest BCUT2D eigenvalue weighted by Gasteiger charge is -2.30. The van der Waals surface area contributed by atoms with E-state index in [2.05, 4.69) is 27.7 Å². The van der Waals surface area contributed by atoms with Crippen LogP contribution in [0.1, 0.15) is 124 Å². The molecule has 0 aromatic heterocycles. The SMILES string of the molecule is CCCCCCCCCCCCCC[Si](CCCCC)(OCC)OCC. The average molecular weight is 387 g/mol. The molecule has 2 nitrogen and oxygen atoms in total. The van der Waals surface area contributed by atoms with Crippen molar-refractivity contribution >= 4 is 8.56 Å². The summed E-state index contributed by atoms with van der Waals surface area (Å²) in [5, 5.41) is 0. The average Bonchev–Trinajstić information content (AvgIpc) is 2.63. The quantitative estimate of drug-likeness (QED) is 0.146. The van der Waals surface area contributed by atoms with Crippen molar-refractivity contribution in [2.24, 2.45) is 0 Å². The molecular formula is C23H50O2Si. The maximum Gasteiger partial charge on any atom is 0.338 e. The Morgan fingerprint density at radius 3 is 1.12 bits per heavy atom. The predicted octanol–water partition coefficient (Wildman–Crippen LogP) is 8.39. The Labute approximate surface area is 167 Å². The Hall–Kier alpha value is 0.137. The zero-order valence-corrected chi connectivity index (χ0v) is 19.8. The van der Waals surface area contributed by atoms with Gasteiger partial charge in [0.1, 0.15) is 0 Å². The second-order valence-electron chi connectivity index (χ2n) is 7.87. The van der Waals surface area contributed by atoms with Gasteiger partial charge in [0.15, 0.2) is 0 Å². The minimum atomic E-state index is -1.93. The van der Waals surface area contributed by atoms with Gasteiger partial charge in [-0.15, -0.1) is 0 Å². The van der Waals surface area contributed by atoms with Gasteiger partial charge in [-0.3, -0.25) is 0 Å². The zero-order chi connectivity index (χ0) is 19.3. The highest BCUT2D eigenvalue weighted by molar-refractivity contribution is 6.67. The third-order valence-electron chi connectivity index (χ3n) is 5.39. The Balaban J connectivity index is 3.76. The normalized spacial score (nSPS) is 12.0. The summed E-state index contributed by atoms with van der Waals surface area (Å²) in [7, 11) is -1.93. The highest BCUT2D eigenvalue weighted by Gasteiger charge is 2.35. The van der Waals surface area contributed by atoms with Crippen LogP contribution in [0.25, 0.3) is 0 Å². The molecule has 0 unspecified atom stereocenters. The second-order valence-corrected chi connectivity index (χ2v) is 11.3. The molecule has 0 aliphatic rings. The van der Waals surface area contributed by atoms with E-state index >= 15 is 0 Å². The van der Waals surface area contributed by atoms with E-state index < -0.39 is 8.56 Å². The van der Waals surface area contributed by atoms with E-state index in [0.29, 0.717) is 0 Å². The van der Waals surface area contributed by atoms with Crippen LogP contribution in [0.3, 0.4) is 0 Å². The first-order valence-electron chi connectivity index (χ1n) is 12.0. The highest BCUT2D eigenvalue weighted by Crippen LogP contribution is 2.26. The Kier molecular flexibility index (Phi) is 20.0. The first kappa shape index (κ1) is 26.1. The maximum atomic E-state index is 6.23. The van der Waals surface area contributed by atoms with Crippen molar-refractivity contribution in [2.75, 3.05) is 13.2 Å². The van der Waals surface area contributed by atoms with Gasteiger partial charge in [0, 0.05) is 13.2 Å². The molecule has 0 aliphatic carbocycles. The third kappa shape index (κ3) is 15.2. The summed E-state index contributed by atoms with van der Waals surface area (Å²) in [5.41, 5.74) is 0. The lowest BCUT2D eigenvalue weighted by Crippen LogP contribution is -2.42. The molecule has 0 N–H and O–H groups in total. The molecule has 0 fully saturated rings. The first-order chi connectivity index (χ1) is 12.7. The fraction of sp³-hybridized carbons (Fsp3) is 1.00. The van der Waals surface area contributed by atoms with Crippen LogP contribution in [0, 0.1) is 0 Å². The standard InChI is InChI=1S/C23H50O2Si/c1-5-9-11-12-13-14-15-16-17-18-19-21-23-26(24-7-3,25-8-4)22-20-10-6-2/h5-23H2,1-4H3. The van der Waals surface area contributed by atoms with Crippen LogP contribution in [0.4, 0.5) is 0 Å². The monoisotopic (exact) mass is 386 g/mol. The van der Waals surface area contributed by atoms with Crippen LogP contribution in [0.2, 0.25) is 12.1 Å². The molecule has 26 heavy (non-hydrogen) atoms. The van der Waals surface area contributed by atoms with Crippen molar-refractivity contribution < 1.29 is 8.85 Å². The summed E-state index contributed by atoms with van der Waals surface area (Å²) in [6.07, 6.45) is 20.8. The molecule has 0 amide bonds. The van der Waals surface area contributed by atoms with Crippen LogP contribution >= 0.6 is 0 Å². The van der Waals surface area contributed by atoms with E-state index in [4.69, 9.17) is 8.85 Å². The summed E-state index contributed by atoms with van der Waals surface area (Å²) in [4.78, 5) is 0. The third-order valence-corrected chi connectivity index (χ3v) is 9.25. The molecule has 0 bridgehead atoms. The molecule has 0 saturated heterocycles. The summed E-state index contributed by atoms with van der Waals surface area (Å²) < 4.78 is 12.5. The van der Waals surface area contributed by atoms with Crippen molar-refractivity contribution in [3.63, 3.8) is 0 Å². The fourth-order valence-electron chi connectivity index (χ4n) is 3.86. The minimum Gasteiger partial charge on any atom is -0.394 e. The van der Waals surface area contributed by atoms with Crippen molar-refractivity contribution in [1.29, 1.82) is 0 Å². The van der Waals surface area contributed by atoms with E-state index in [9.17, 15) is 0 Å². The van der Waals surface area contributed by atoms with E-state index in [1.807, 2.05) is 0 Å². The fourth-order valence-corrected chi connectivity index (χ4v) is 7.40. The Morgan fingerprint density at radius 2 is 0.731 bits per heavy atom. The van der Waals surface area contributed by atoms with Gasteiger partial charge in [-0.2, -0.15) is 0 Å². The molecule has 0 aromatic carbocycles. The zero-order valence-electron chi connectivity index (χ0n) is 18.8. The van der Waals surface area contributed by atoms with Gasteiger partial charge in [0.25, 0.3) is 0 Å². The molecule has 0 heterocycles. The van der Waals surface area contributed by atoms with Crippen molar-refractivity contribution in [1.82, 2.24) is 0 Å². The van der Waals surface area contributed by atoms with Gasteiger partial charge in [-0.25, -0.2) is 0 Å². The van der Waals surface area contributed by atoms with Crippen LogP contribution in [-0.4, -0.2) is 21.8 Å². The van der Waals surface area contributed by atoms with E-state index in [1.54, 1.807) is 0 Å². The maximum absolute atomic E-state index is 6.23. The van der Waals surface area contributed by atoms with Gasteiger partial charge in [0.2, 0.25) is 0 Å². The van der Waals surface area contributed by atoms with Crippen LogP contribution < -0.4 is 0 Å². The van der Waals surface area contributed by atoms with Crippen LogP contribution in [0.5, 0.6) is 0 Å². The van der Waals surface area contributed by atoms with E-state index in [1.165, 1.54) is 108 Å². The lowest BCUT2D eigenvalue weighted by molar-refractivity contribution is 0.180. The van der Waals surface area contributed by atoms with Crippen LogP contribution in [-0.2, 0) is 8.85 Å². The van der Waals surface area contributed by atoms with E-state index in [-0.39, 0.29) is 0 Å². The van der Waals surface area contributed by atoms with Crippen LogP contribution in [0.15, 0.2) is 0 Å². The molecule has 158 valence electrons. The number of hydrogen-bond acceptors (Lipinski definition) is 2. The van der Waals surface area contributed by atoms with Gasteiger partial charge in [0.05, 0.1) is 0 Å². The predicted molar refractivity (Wildman–Crippen MR) is 119 cm³/mol. The molecular weight excluding hydrogens is 336 g/mol. The molecule has 0 atom stereocenters. The van der Waals surface area contributed by atoms with Gasteiger partial charge >= 0.3 is 8.56 Å². The van der Waals surface area contributed by atoms with Crippen molar-refractivity contribution in [2.45, 2.75) is 136 Å². The molecule has 0 saturated carbocycles. The minimum absolute atomic E-state index is 0.816. The highest BCUT2D eigenvalue weighted by atomic mass is 28.4. The second kappa shape index (κ2) is 19.9. The number of unbranched alkanes of at least 4 members (excludes halogenated alkanes) is 13. The smallest absolute Gasteiger partial charge is 0.338 e. The Bertz CT molecular complexity index is 265. The summed E-state index contributed by atoms with van der Waals surface area (Å²) in [6, 6.07) is 2.40. The van der Waals surface area contributed by atoms with E-state index in [0.717, 1.165) is 13.2 Å². The number of rotatable bonds is 21. The van der Waals surface area contributed by atoms with Crippen molar-refractivity contribution in [3.05, 3.63) is 0 Å². The summed E-state index contributed by atoms with van der Waals surface area (Å²) in [6.45, 7) is 10.5. The molecule has 0 spiro atoms. The molecule has 0 radical (unpaired) electrons. The summed E-state index contributed by atoms with van der Waals surface area (Å²) >= 11 is 0. The largest absolute Gasteiger partial charge is 0.394 e. The topological polar surface area (TPSA) is 18.5 Å². The van der Waals surface area contributed by atoms with Crippen molar-refractivity contribution in [3.8, 4) is 0 Å². The summed E-state index contributed by atoms with van der Waals surface area (Å²) in [5.74, 6) is 0. The first-order valence-corrected chi connectivity index (χ1v) is 14.3. The number of hydrogen-bond donors (Lipinski definition) is 0. The van der Waals surface area contributed by atoms with Gasteiger partial charge in [-0.1, -0.05) is 110 Å². The molecule has 0 aromatic rings. The molecule has 0 aliphatic heterocycles.